The Morgan fingerprint density at radius 1 is 1.60 bits per heavy atom. The molecule has 0 aliphatic carbocycles. The molecular weight excluding hydrogens is 216 g/mol. The Hall–Kier alpha value is -0.870. The Morgan fingerprint density at radius 2 is 2.27 bits per heavy atom. The van der Waals surface area contributed by atoms with Crippen molar-refractivity contribution in [2.24, 2.45) is 0 Å². The van der Waals surface area contributed by atoms with Crippen molar-refractivity contribution < 1.29 is 9.53 Å². The first kappa shape index (κ1) is 10.6. The van der Waals surface area contributed by atoms with E-state index in [-0.39, 0.29) is 11.8 Å². The number of aromatic nitrogens is 2. The van der Waals surface area contributed by atoms with E-state index >= 15 is 0 Å². The molecule has 15 heavy (non-hydrogen) atoms. The van der Waals surface area contributed by atoms with Crippen molar-refractivity contribution in [1.82, 2.24) is 9.78 Å². The molecule has 1 saturated heterocycles. The number of nitrogens with zero attached hydrogens (tertiary/aromatic N) is 2. The monoisotopic (exact) mass is 228 g/mol. The summed E-state index contributed by atoms with van der Waals surface area (Å²) >= 11 is 6.09. The Balaban J connectivity index is 2.24. The highest BCUT2D eigenvalue weighted by molar-refractivity contribution is 6.32. The van der Waals surface area contributed by atoms with Gasteiger partial charge in [-0.3, -0.25) is 9.48 Å². The third-order valence-corrected chi connectivity index (χ3v) is 3.03. The lowest BCUT2D eigenvalue weighted by atomic mass is 10.1. The van der Waals surface area contributed by atoms with E-state index < -0.39 is 0 Å². The molecule has 0 atom stereocenters. The zero-order valence-corrected chi connectivity index (χ0v) is 9.33. The second-order valence-corrected chi connectivity index (χ2v) is 4.05. The molecule has 0 N–H and O–H groups in total. The van der Waals surface area contributed by atoms with E-state index in [1.807, 2.05) is 0 Å². The lowest BCUT2D eigenvalue weighted by Gasteiger charge is -2.22. The SMILES string of the molecule is CC(=O)c1cnn(C2CCOCC2)c1Cl. The summed E-state index contributed by atoms with van der Waals surface area (Å²) in [4.78, 5) is 11.2. The van der Waals surface area contributed by atoms with Crippen molar-refractivity contribution in [2.45, 2.75) is 25.8 Å². The second-order valence-electron chi connectivity index (χ2n) is 3.69. The van der Waals surface area contributed by atoms with Gasteiger partial charge in [0.2, 0.25) is 0 Å². The molecule has 0 bridgehead atoms. The fraction of sp³-hybridized carbons (Fsp3) is 0.600. The number of rotatable bonds is 2. The van der Waals surface area contributed by atoms with Crippen molar-refractivity contribution in [3.05, 3.63) is 16.9 Å². The number of Topliss-reactive ketones (excluding diaryl/α,β-unsaturated/α-hetero) is 1. The lowest BCUT2D eigenvalue weighted by Crippen LogP contribution is -2.20. The number of ketones is 1. The fourth-order valence-electron chi connectivity index (χ4n) is 1.77. The minimum absolute atomic E-state index is 0.0432. The molecule has 1 aliphatic heterocycles. The average molecular weight is 229 g/mol. The molecule has 82 valence electrons. The van der Waals surface area contributed by atoms with Crippen molar-refractivity contribution in [3.63, 3.8) is 0 Å². The third-order valence-electron chi connectivity index (χ3n) is 2.65. The van der Waals surface area contributed by atoms with E-state index in [0.29, 0.717) is 10.7 Å². The molecule has 4 nitrogen and oxygen atoms in total. The molecule has 0 radical (unpaired) electrons. The van der Waals surface area contributed by atoms with Crippen LogP contribution in [0, 0.1) is 0 Å². The fourth-order valence-corrected chi connectivity index (χ4v) is 2.13. The van der Waals surface area contributed by atoms with Crippen molar-refractivity contribution >= 4 is 17.4 Å². The molecule has 2 heterocycles. The van der Waals surface area contributed by atoms with Crippen LogP contribution in [0.15, 0.2) is 6.20 Å². The van der Waals surface area contributed by atoms with Crippen LogP contribution in [0.25, 0.3) is 0 Å². The summed E-state index contributed by atoms with van der Waals surface area (Å²) < 4.78 is 7.00. The number of hydrogen-bond acceptors (Lipinski definition) is 3. The Bertz CT molecular complexity index is 369. The average Bonchev–Trinajstić information content (AvgIpc) is 2.61. The van der Waals surface area contributed by atoms with Gasteiger partial charge in [-0.25, -0.2) is 0 Å². The highest BCUT2D eigenvalue weighted by Gasteiger charge is 2.21. The van der Waals surface area contributed by atoms with Crippen LogP contribution in [0.4, 0.5) is 0 Å². The van der Waals surface area contributed by atoms with Crippen molar-refractivity contribution in [2.75, 3.05) is 13.2 Å². The van der Waals surface area contributed by atoms with Crippen LogP contribution >= 0.6 is 11.6 Å². The van der Waals surface area contributed by atoms with Crippen LogP contribution in [-0.2, 0) is 4.74 Å². The summed E-state index contributed by atoms with van der Waals surface area (Å²) in [5.74, 6) is -0.0432. The summed E-state index contributed by atoms with van der Waals surface area (Å²) in [6.07, 6.45) is 3.34. The molecule has 1 aliphatic rings. The first-order valence-corrected chi connectivity index (χ1v) is 5.39. The highest BCUT2D eigenvalue weighted by atomic mass is 35.5. The Labute approximate surface area is 93.2 Å². The third kappa shape index (κ3) is 2.06. The van der Waals surface area contributed by atoms with Crippen LogP contribution in [-0.4, -0.2) is 28.8 Å². The van der Waals surface area contributed by atoms with Gasteiger partial charge in [0.15, 0.2) is 5.78 Å². The van der Waals surface area contributed by atoms with Crippen LogP contribution in [0.1, 0.15) is 36.2 Å². The Morgan fingerprint density at radius 3 is 2.80 bits per heavy atom. The maximum absolute atomic E-state index is 11.2. The van der Waals surface area contributed by atoms with E-state index in [9.17, 15) is 4.79 Å². The van der Waals surface area contributed by atoms with E-state index in [4.69, 9.17) is 16.3 Å². The summed E-state index contributed by atoms with van der Waals surface area (Å²) in [6.45, 7) is 2.96. The second kappa shape index (κ2) is 4.33. The number of carbonyl (C=O) groups is 1. The summed E-state index contributed by atoms with van der Waals surface area (Å²) in [5, 5.41) is 4.62. The topological polar surface area (TPSA) is 44.1 Å². The van der Waals surface area contributed by atoms with Crippen LogP contribution in [0.2, 0.25) is 5.15 Å². The summed E-state index contributed by atoms with van der Waals surface area (Å²) in [6, 6.07) is 0.263. The molecule has 2 rings (SSSR count). The normalized spacial score (nSPS) is 18.0. The number of hydrogen-bond donors (Lipinski definition) is 0. The van der Waals surface area contributed by atoms with Gasteiger partial charge in [-0.15, -0.1) is 0 Å². The van der Waals surface area contributed by atoms with Crippen LogP contribution in [0.3, 0.4) is 0 Å². The molecule has 0 spiro atoms. The van der Waals surface area contributed by atoms with E-state index in [1.54, 1.807) is 10.9 Å². The number of halogens is 1. The molecule has 1 aromatic heterocycles. The summed E-state index contributed by atoms with van der Waals surface area (Å²) in [7, 11) is 0. The maximum atomic E-state index is 11.2. The lowest BCUT2D eigenvalue weighted by molar-refractivity contribution is 0.0663. The largest absolute Gasteiger partial charge is 0.381 e. The van der Waals surface area contributed by atoms with E-state index in [2.05, 4.69) is 5.10 Å². The van der Waals surface area contributed by atoms with Gasteiger partial charge in [0.05, 0.1) is 17.8 Å². The highest BCUT2D eigenvalue weighted by Crippen LogP contribution is 2.26. The van der Waals surface area contributed by atoms with Crippen molar-refractivity contribution in [3.8, 4) is 0 Å². The quantitative estimate of drug-likeness (QED) is 0.728. The standard InChI is InChI=1S/C10H13ClN2O2/c1-7(14)9-6-12-13(10(9)11)8-2-4-15-5-3-8/h6,8H,2-5H2,1H3. The van der Waals surface area contributed by atoms with E-state index in [1.165, 1.54) is 6.92 Å². The molecule has 1 aromatic rings. The Kier molecular flexibility index (Phi) is 3.07. The minimum Gasteiger partial charge on any atom is -0.381 e. The first-order chi connectivity index (χ1) is 7.20. The van der Waals surface area contributed by atoms with Gasteiger partial charge in [0.1, 0.15) is 5.15 Å². The zero-order valence-electron chi connectivity index (χ0n) is 8.57. The van der Waals surface area contributed by atoms with Crippen LogP contribution in [0.5, 0.6) is 0 Å². The van der Waals surface area contributed by atoms with Gasteiger partial charge in [-0.2, -0.15) is 5.10 Å². The maximum Gasteiger partial charge on any atom is 0.164 e. The molecule has 5 heteroatoms. The predicted molar refractivity (Wildman–Crippen MR) is 56.3 cm³/mol. The van der Waals surface area contributed by atoms with Gasteiger partial charge >= 0.3 is 0 Å². The number of ether oxygens (including phenoxy) is 1. The predicted octanol–water partition coefficient (Wildman–Crippen LogP) is 2.09. The smallest absolute Gasteiger partial charge is 0.164 e. The van der Waals surface area contributed by atoms with E-state index in [0.717, 1.165) is 26.1 Å². The summed E-state index contributed by atoms with van der Waals surface area (Å²) in [5.41, 5.74) is 0.503. The van der Waals surface area contributed by atoms with Gasteiger partial charge in [-0.05, 0) is 19.8 Å². The molecule has 0 saturated carbocycles. The molecular formula is C10H13ClN2O2. The van der Waals surface area contributed by atoms with Gasteiger partial charge < -0.3 is 4.74 Å². The molecule has 0 unspecified atom stereocenters. The van der Waals surface area contributed by atoms with Crippen molar-refractivity contribution in [1.29, 1.82) is 0 Å². The molecule has 0 amide bonds. The number of carbonyl (C=O) groups excluding carboxylic acids is 1. The van der Waals surface area contributed by atoms with Crippen LogP contribution < -0.4 is 0 Å². The molecule has 1 fully saturated rings. The van der Waals surface area contributed by atoms with Gasteiger partial charge in [0.25, 0.3) is 0 Å². The first-order valence-electron chi connectivity index (χ1n) is 5.02. The molecule has 0 aromatic carbocycles. The van der Waals surface area contributed by atoms with Gasteiger partial charge in [0, 0.05) is 13.2 Å². The van der Waals surface area contributed by atoms with Gasteiger partial charge in [-0.1, -0.05) is 11.6 Å². The zero-order chi connectivity index (χ0) is 10.8. The minimum atomic E-state index is -0.0432.